The normalized spacial score (nSPS) is 10.1. The van der Waals surface area contributed by atoms with Crippen LogP contribution >= 0.6 is 12.2 Å². The van der Waals surface area contributed by atoms with Gasteiger partial charge in [-0.2, -0.15) is 0 Å². The van der Waals surface area contributed by atoms with Crippen molar-refractivity contribution in [1.29, 1.82) is 0 Å². The molecule has 0 saturated carbocycles. The van der Waals surface area contributed by atoms with E-state index in [0.29, 0.717) is 11.8 Å². The van der Waals surface area contributed by atoms with Crippen LogP contribution in [-0.2, 0) is 9.59 Å². The van der Waals surface area contributed by atoms with Crippen LogP contribution in [0.5, 0.6) is 0 Å². The van der Waals surface area contributed by atoms with Crippen LogP contribution < -0.4 is 21.5 Å². The molecule has 0 fully saturated rings. The lowest BCUT2D eigenvalue weighted by Crippen LogP contribution is -2.48. The molecule has 3 amide bonds. The second-order valence-electron chi connectivity index (χ2n) is 7.08. The van der Waals surface area contributed by atoms with Gasteiger partial charge in [0.1, 0.15) is 0 Å². The van der Waals surface area contributed by atoms with Crippen LogP contribution in [0.3, 0.4) is 0 Å². The van der Waals surface area contributed by atoms with Crippen LogP contribution in [-0.4, -0.2) is 32.7 Å². The van der Waals surface area contributed by atoms with Crippen molar-refractivity contribution in [3.8, 4) is 0 Å². The first-order valence-electron chi connectivity index (χ1n) is 9.67. The summed E-state index contributed by atoms with van der Waals surface area (Å²) in [6.45, 7) is 3.77. The van der Waals surface area contributed by atoms with Gasteiger partial charge in [0.15, 0.2) is 5.11 Å². The molecule has 14 heteroatoms. The minimum atomic E-state index is -0.966. The Bertz CT molecular complexity index is 1150. The van der Waals surface area contributed by atoms with Gasteiger partial charge in [0, 0.05) is 30.7 Å². The summed E-state index contributed by atoms with van der Waals surface area (Å²) in [4.78, 5) is 56.3. The number of nitro groups is 2. The van der Waals surface area contributed by atoms with E-state index < -0.39 is 33.0 Å². The van der Waals surface area contributed by atoms with E-state index >= 15 is 0 Å². The van der Waals surface area contributed by atoms with Crippen LogP contribution in [0.2, 0.25) is 0 Å². The largest absolute Gasteiger partial charge is 0.326 e. The summed E-state index contributed by atoms with van der Waals surface area (Å²) in [6.07, 6.45) is -0.297. The van der Waals surface area contributed by atoms with Crippen molar-refractivity contribution in [2.45, 2.75) is 26.7 Å². The summed E-state index contributed by atoms with van der Waals surface area (Å²) in [5.41, 5.74) is 5.34. The highest BCUT2D eigenvalue weighted by Crippen LogP contribution is 2.22. The molecule has 34 heavy (non-hydrogen) atoms. The van der Waals surface area contributed by atoms with Crippen LogP contribution in [0.1, 0.15) is 34.3 Å². The lowest BCUT2D eigenvalue weighted by Gasteiger charge is -2.11. The van der Waals surface area contributed by atoms with Crippen molar-refractivity contribution in [2.75, 3.05) is 5.32 Å². The third-order valence-electron chi connectivity index (χ3n) is 4.36. The summed E-state index contributed by atoms with van der Waals surface area (Å²) in [5.74, 6) is -1.94. The van der Waals surface area contributed by atoms with E-state index in [2.05, 4.69) is 21.5 Å². The molecular formula is C20H20N6O7S. The zero-order valence-corrected chi connectivity index (χ0v) is 18.9. The zero-order chi connectivity index (χ0) is 25.4. The molecule has 0 radical (unpaired) electrons. The topological polar surface area (TPSA) is 186 Å². The zero-order valence-electron chi connectivity index (χ0n) is 18.0. The Morgan fingerprint density at radius 3 is 2.03 bits per heavy atom. The fourth-order valence-corrected chi connectivity index (χ4v) is 2.87. The molecule has 0 aromatic heterocycles. The molecule has 0 aliphatic carbocycles. The van der Waals surface area contributed by atoms with Crippen molar-refractivity contribution in [3.63, 3.8) is 0 Å². The van der Waals surface area contributed by atoms with Gasteiger partial charge >= 0.3 is 0 Å². The average molecular weight is 488 g/mol. The summed E-state index contributed by atoms with van der Waals surface area (Å²) in [7, 11) is 0. The first-order chi connectivity index (χ1) is 16.0. The van der Waals surface area contributed by atoms with Crippen LogP contribution in [0, 0.1) is 34.1 Å². The maximum Gasteiger partial charge on any atom is 0.277 e. The number of benzene rings is 2. The Kier molecular flexibility index (Phi) is 8.66. The number of carbonyl (C=O) groups is 3. The van der Waals surface area contributed by atoms with Crippen molar-refractivity contribution >= 4 is 52.1 Å². The van der Waals surface area contributed by atoms with Crippen molar-refractivity contribution in [2.24, 2.45) is 0 Å². The van der Waals surface area contributed by atoms with E-state index in [1.54, 1.807) is 6.07 Å². The number of hydrazine groups is 1. The number of nitrogens with zero attached hydrogens (tertiary/aromatic N) is 2. The molecule has 2 aromatic rings. The number of rotatable bonds is 7. The number of aryl methyl sites for hydroxylation is 2. The summed E-state index contributed by atoms with van der Waals surface area (Å²) in [6, 6.07) is 7.93. The molecular weight excluding hydrogens is 468 g/mol. The summed E-state index contributed by atoms with van der Waals surface area (Å²) >= 11 is 4.86. The van der Waals surface area contributed by atoms with Crippen molar-refractivity contribution in [1.82, 2.24) is 16.2 Å². The van der Waals surface area contributed by atoms with Gasteiger partial charge < -0.3 is 5.32 Å². The molecule has 0 spiro atoms. The molecule has 2 aromatic carbocycles. The molecule has 0 aliphatic rings. The fourth-order valence-electron chi connectivity index (χ4n) is 2.73. The number of amides is 3. The Hall–Kier alpha value is -4.46. The van der Waals surface area contributed by atoms with E-state index in [9.17, 15) is 34.6 Å². The molecule has 13 nitrogen and oxygen atoms in total. The molecule has 2 rings (SSSR count). The quantitative estimate of drug-likeness (QED) is 0.257. The van der Waals surface area contributed by atoms with E-state index in [0.717, 1.165) is 23.3 Å². The van der Waals surface area contributed by atoms with Gasteiger partial charge in [-0.3, -0.25) is 50.8 Å². The first-order valence-corrected chi connectivity index (χ1v) is 10.1. The molecule has 4 N–H and O–H groups in total. The number of non-ortho nitro benzene ring substituents is 2. The number of thiocarbonyl (C=S) groups is 1. The summed E-state index contributed by atoms with van der Waals surface area (Å²) < 4.78 is 0. The molecule has 0 saturated heterocycles. The van der Waals surface area contributed by atoms with Gasteiger partial charge in [-0.15, -0.1) is 0 Å². The van der Waals surface area contributed by atoms with Gasteiger partial charge in [0.05, 0.1) is 21.5 Å². The molecule has 0 unspecified atom stereocenters. The predicted molar refractivity (Wildman–Crippen MR) is 125 cm³/mol. The SMILES string of the molecule is Cc1ccc(NC(=O)CCC(=O)NNC(=S)NC(=O)c2cc([N+](=O)[O-])cc([N+](=O)[O-])c2)c(C)c1. The monoisotopic (exact) mass is 488 g/mol. The Balaban J connectivity index is 1.83. The lowest BCUT2D eigenvalue weighted by atomic mass is 10.1. The van der Waals surface area contributed by atoms with Crippen LogP contribution in [0.4, 0.5) is 17.1 Å². The minimum absolute atomic E-state index is 0.114. The number of hydrogen-bond acceptors (Lipinski definition) is 8. The number of nitro benzene ring substituents is 2. The van der Waals surface area contributed by atoms with Gasteiger partial charge in [0.2, 0.25) is 11.8 Å². The third-order valence-corrected chi connectivity index (χ3v) is 4.57. The molecule has 0 atom stereocenters. The number of hydrogen-bond donors (Lipinski definition) is 4. The Morgan fingerprint density at radius 2 is 1.47 bits per heavy atom. The van der Waals surface area contributed by atoms with Gasteiger partial charge in [0.25, 0.3) is 17.3 Å². The maximum absolute atomic E-state index is 12.2. The average Bonchev–Trinajstić information content (AvgIpc) is 2.77. The number of carbonyl (C=O) groups excluding carboxylic acids is 3. The smallest absolute Gasteiger partial charge is 0.277 e. The van der Waals surface area contributed by atoms with E-state index in [1.807, 2.05) is 26.0 Å². The summed E-state index contributed by atoms with van der Waals surface area (Å²) in [5, 5.41) is 26.3. The minimum Gasteiger partial charge on any atom is -0.326 e. The molecule has 0 heterocycles. The third kappa shape index (κ3) is 7.59. The van der Waals surface area contributed by atoms with Crippen molar-refractivity contribution < 1.29 is 24.2 Å². The highest BCUT2D eigenvalue weighted by Gasteiger charge is 2.20. The highest BCUT2D eigenvalue weighted by atomic mass is 32.1. The van der Waals surface area contributed by atoms with E-state index in [1.165, 1.54) is 0 Å². The Morgan fingerprint density at radius 1 is 0.882 bits per heavy atom. The highest BCUT2D eigenvalue weighted by molar-refractivity contribution is 7.80. The predicted octanol–water partition coefficient (Wildman–Crippen LogP) is 2.17. The van der Waals surface area contributed by atoms with Crippen LogP contribution in [0.25, 0.3) is 0 Å². The first kappa shape index (κ1) is 25.8. The number of nitrogens with one attached hydrogen (secondary N) is 4. The number of anilines is 1. The van der Waals surface area contributed by atoms with Crippen molar-refractivity contribution in [3.05, 3.63) is 73.3 Å². The van der Waals surface area contributed by atoms with Crippen LogP contribution in [0.15, 0.2) is 36.4 Å². The maximum atomic E-state index is 12.2. The standard InChI is InChI=1S/C20H20N6O7S/c1-11-3-4-16(12(2)7-11)21-17(27)5-6-18(28)23-24-20(34)22-19(29)13-8-14(25(30)31)10-15(9-13)26(32)33/h3-4,7-10H,5-6H2,1-2H3,(H,21,27)(H,23,28)(H2,22,24,29,34). The molecule has 178 valence electrons. The van der Waals surface area contributed by atoms with E-state index in [-0.39, 0.29) is 29.4 Å². The second kappa shape index (κ2) is 11.4. The lowest BCUT2D eigenvalue weighted by molar-refractivity contribution is -0.394. The molecule has 0 aliphatic heterocycles. The van der Waals surface area contributed by atoms with E-state index in [4.69, 9.17) is 12.2 Å². The second-order valence-corrected chi connectivity index (χ2v) is 7.48. The van der Waals surface area contributed by atoms with Gasteiger partial charge in [-0.25, -0.2) is 0 Å². The van der Waals surface area contributed by atoms with Gasteiger partial charge in [-0.05, 0) is 37.7 Å². The fraction of sp³-hybridized carbons (Fsp3) is 0.200. The van der Waals surface area contributed by atoms with Gasteiger partial charge in [-0.1, -0.05) is 17.7 Å². The Labute approximate surface area is 198 Å². The molecule has 0 bridgehead atoms.